The molecule has 6 heteroatoms. The van der Waals surface area contributed by atoms with Crippen LogP contribution in [0.5, 0.6) is 11.5 Å². The molecule has 3 rings (SSSR count). The average molecular weight is 354 g/mol. The Labute approximate surface area is 152 Å². The highest BCUT2D eigenvalue weighted by Crippen LogP contribution is 2.33. The Morgan fingerprint density at radius 3 is 2.54 bits per heavy atom. The van der Waals surface area contributed by atoms with Gasteiger partial charge in [-0.3, -0.25) is 15.0 Å². The maximum Gasteiger partial charge on any atom is 0.276 e. The molecule has 0 amide bonds. The van der Waals surface area contributed by atoms with E-state index in [0.29, 0.717) is 5.56 Å². The Hall–Kier alpha value is -2.86. The van der Waals surface area contributed by atoms with Crippen molar-refractivity contribution in [1.29, 1.82) is 0 Å². The lowest BCUT2D eigenvalue weighted by molar-refractivity contribution is -0.385. The molecule has 0 radical (unpaired) electrons. The lowest BCUT2D eigenvalue weighted by Crippen LogP contribution is -2.30. The van der Waals surface area contributed by atoms with Crippen molar-refractivity contribution in [3.05, 3.63) is 69.3 Å². The minimum Gasteiger partial charge on any atom is -0.493 e. The molecule has 0 unspecified atom stereocenters. The molecule has 2 aromatic carbocycles. The fourth-order valence-corrected chi connectivity index (χ4v) is 3.22. The van der Waals surface area contributed by atoms with Gasteiger partial charge in [0.1, 0.15) is 0 Å². The van der Waals surface area contributed by atoms with Crippen molar-refractivity contribution in [2.24, 2.45) is 0 Å². The first-order valence-electron chi connectivity index (χ1n) is 8.48. The molecule has 2 aromatic rings. The van der Waals surface area contributed by atoms with Gasteiger partial charge in [-0.2, -0.15) is 0 Å². The highest BCUT2D eigenvalue weighted by molar-refractivity contribution is 5.60. The first-order chi connectivity index (χ1) is 12.6. The highest BCUT2D eigenvalue weighted by atomic mass is 16.6. The predicted octanol–water partition coefficient (Wildman–Crippen LogP) is 3.68. The molecule has 1 heterocycles. The van der Waals surface area contributed by atoms with E-state index in [1.165, 1.54) is 17.2 Å². The van der Waals surface area contributed by atoms with Crippen LogP contribution in [0, 0.1) is 10.1 Å². The first-order valence-corrected chi connectivity index (χ1v) is 8.48. The van der Waals surface area contributed by atoms with Gasteiger partial charge in [-0.25, -0.2) is 0 Å². The number of nitro benzene ring substituents is 1. The molecule has 0 aromatic heterocycles. The molecular formula is C20H22N2O4. The minimum atomic E-state index is -0.351. The van der Waals surface area contributed by atoms with Crippen LogP contribution in [-0.4, -0.2) is 37.1 Å². The van der Waals surface area contributed by atoms with Gasteiger partial charge in [-0.15, -0.1) is 0 Å². The second kappa shape index (κ2) is 8.01. The molecule has 26 heavy (non-hydrogen) atoms. The van der Waals surface area contributed by atoms with E-state index >= 15 is 0 Å². The van der Waals surface area contributed by atoms with Gasteiger partial charge in [0.05, 0.1) is 24.7 Å². The quantitative estimate of drug-likeness (QED) is 0.585. The number of fused-ring (bicyclic) bond motifs is 1. The predicted molar refractivity (Wildman–Crippen MR) is 101 cm³/mol. The maximum atomic E-state index is 11.1. The van der Waals surface area contributed by atoms with E-state index in [9.17, 15) is 10.1 Å². The van der Waals surface area contributed by atoms with Gasteiger partial charge < -0.3 is 9.47 Å². The SMILES string of the molecule is COc1cc2c(cc1OC)CN(C/C=C/c1ccccc1[N+](=O)[O-])CC2. The van der Waals surface area contributed by atoms with Gasteiger partial charge >= 0.3 is 0 Å². The lowest BCUT2D eigenvalue weighted by Gasteiger charge is -2.28. The molecule has 6 nitrogen and oxygen atoms in total. The van der Waals surface area contributed by atoms with Gasteiger partial charge in [0, 0.05) is 25.7 Å². The molecule has 0 bridgehead atoms. The van der Waals surface area contributed by atoms with Crippen molar-refractivity contribution in [2.75, 3.05) is 27.3 Å². The second-order valence-corrected chi connectivity index (χ2v) is 6.18. The van der Waals surface area contributed by atoms with E-state index in [1.807, 2.05) is 24.3 Å². The fraction of sp³-hybridized carbons (Fsp3) is 0.300. The minimum absolute atomic E-state index is 0.129. The van der Waals surface area contributed by atoms with Crippen molar-refractivity contribution < 1.29 is 14.4 Å². The van der Waals surface area contributed by atoms with Crippen LogP contribution < -0.4 is 9.47 Å². The summed E-state index contributed by atoms with van der Waals surface area (Å²) in [4.78, 5) is 13.0. The number of ether oxygens (including phenoxy) is 2. The zero-order valence-electron chi connectivity index (χ0n) is 15.0. The van der Waals surface area contributed by atoms with Crippen LogP contribution in [0.15, 0.2) is 42.5 Å². The molecule has 1 aliphatic rings. The van der Waals surface area contributed by atoms with Gasteiger partial charge in [0.15, 0.2) is 11.5 Å². The third-order valence-electron chi connectivity index (χ3n) is 4.59. The van der Waals surface area contributed by atoms with Crippen molar-refractivity contribution in [3.8, 4) is 11.5 Å². The van der Waals surface area contributed by atoms with Crippen LogP contribution >= 0.6 is 0 Å². The zero-order valence-corrected chi connectivity index (χ0v) is 15.0. The summed E-state index contributed by atoms with van der Waals surface area (Å²) in [6.07, 6.45) is 4.74. The van der Waals surface area contributed by atoms with Gasteiger partial charge in [-0.1, -0.05) is 24.3 Å². The summed E-state index contributed by atoms with van der Waals surface area (Å²) in [6, 6.07) is 10.9. The van der Waals surface area contributed by atoms with E-state index in [-0.39, 0.29) is 10.6 Å². The zero-order chi connectivity index (χ0) is 18.5. The van der Waals surface area contributed by atoms with Gasteiger partial charge in [-0.05, 0) is 35.7 Å². The van der Waals surface area contributed by atoms with Crippen LogP contribution in [0.4, 0.5) is 5.69 Å². The molecular weight excluding hydrogens is 332 g/mol. The number of rotatable bonds is 6. The number of para-hydroxylation sites is 1. The topological polar surface area (TPSA) is 64.8 Å². The first kappa shape index (κ1) is 17.9. The van der Waals surface area contributed by atoms with Crippen molar-refractivity contribution in [2.45, 2.75) is 13.0 Å². The van der Waals surface area contributed by atoms with E-state index in [0.717, 1.165) is 37.6 Å². The van der Waals surface area contributed by atoms with Crippen molar-refractivity contribution in [1.82, 2.24) is 4.90 Å². The maximum absolute atomic E-state index is 11.1. The van der Waals surface area contributed by atoms with E-state index in [4.69, 9.17) is 9.47 Å². The van der Waals surface area contributed by atoms with E-state index < -0.39 is 0 Å². The summed E-state index contributed by atoms with van der Waals surface area (Å²) in [5.74, 6) is 1.50. The number of benzene rings is 2. The summed E-state index contributed by atoms with van der Waals surface area (Å²) in [5, 5.41) is 11.1. The Kier molecular flexibility index (Phi) is 5.53. The van der Waals surface area contributed by atoms with Crippen LogP contribution in [0.3, 0.4) is 0 Å². The monoisotopic (exact) mass is 354 g/mol. The normalized spacial score (nSPS) is 14.2. The Bertz CT molecular complexity index is 833. The average Bonchev–Trinajstić information content (AvgIpc) is 2.67. The van der Waals surface area contributed by atoms with Crippen molar-refractivity contribution >= 4 is 11.8 Å². The summed E-state index contributed by atoms with van der Waals surface area (Å²) < 4.78 is 10.8. The Balaban J connectivity index is 1.69. The third kappa shape index (κ3) is 3.86. The molecule has 0 aliphatic carbocycles. The van der Waals surface area contributed by atoms with Crippen LogP contribution in [-0.2, 0) is 13.0 Å². The molecule has 0 fully saturated rings. The molecule has 0 saturated carbocycles. The molecule has 136 valence electrons. The van der Waals surface area contributed by atoms with E-state index in [2.05, 4.69) is 11.0 Å². The molecule has 0 atom stereocenters. The van der Waals surface area contributed by atoms with Gasteiger partial charge in [0.2, 0.25) is 0 Å². The van der Waals surface area contributed by atoms with Crippen molar-refractivity contribution in [3.63, 3.8) is 0 Å². The van der Waals surface area contributed by atoms with Crippen LogP contribution in [0.1, 0.15) is 16.7 Å². The Morgan fingerprint density at radius 2 is 1.85 bits per heavy atom. The largest absolute Gasteiger partial charge is 0.493 e. The number of nitrogens with zero attached hydrogens (tertiary/aromatic N) is 2. The van der Waals surface area contributed by atoms with E-state index in [1.54, 1.807) is 26.4 Å². The van der Waals surface area contributed by atoms with Crippen LogP contribution in [0.25, 0.3) is 6.08 Å². The number of hydrogen-bond donors (Lipinski definition) is 0. The number of hydrogen-bond acceptors (Lipinski definition) is 5. The smallest absolute Gasteiger partial charge is 0.276 e. The number of nitro groups is 1. The molecule has 0 N–H and O–H groups in total. The highest BCUT2D eigenvalue weighted by Gasteiger charge is 2.18. The summed E-state index contributed by atoms with van der Waals surface area (Å²) >= 11 is 0. The number of methoxy groups -OCH3 is 2. The standard InChI is InChI=1S/C20H22N2O4/c1-25-19-12-16-9-11-21(14-17(16)13-20(19)26-2)10-5-7-15-6-3-4-8-18(15)22(23)24/h3-8,12-13H,9-11,14H2,1-2H3/b7-5+. The molecule has 0 spiro atoms. The van der Waals surface area contributed by atoms with Gasteiger partial charge in [0.25, 0.3) is 5.69 Å². The second-order valence-electron chi connectivity index (χ2n) is 6.18. The Morgan fingerprint density at radius 1 is 1.15 bits per heavy atom. The summed E-state index contributed by atoms with van der Waals surface area (Å²) in [6.45, 7) is 2.49. The lowest BCUT2D eigenvalue weighted by atomic mass is 9.99. The molecule has 1 aliphatic heterocycles. The third-order valence-corrected chi connectivity index (χ3v) is 4.59. The summed E-state index contributed by atoms with van der Waals surface area (Å²) in [5.41, 5.74) is 3.26. The summed E-state index contributed by atoms with van der Waals surface area (Å²) in [7, 11) is 3.29. The fourth-order valence-electron chi connectivity index (χ4n) is 3.22. The van der Waals surface area contributed by atoms with Crippen LogP contribution in [0.2, 0.25) is 0 Å². The molecule has 0 saturated heterocycles.